The molecule has 2 aromatic rings. The van der Waals surface area contributed by atoms with E-state index in [1.54, 1.807) is 11.8 Å². The van der Waals surface area contributed by atoms with Gasteiger partial charge in [-0.25, -0.2) is 4.68 Å². The smallest absolute Gasteiger partial charge is 0.311 e. The molecule has 1 aromatic heterocycles. The predicted molar refractivity (Wildman–Crippen MR) is 76.8 cm³/mol. The molecule has 1 aliphatic carbocycles. The number of carboxylic acid groups (broad SMARTS) is 1. The number of carbonyl (C=O) groups is 1. The highest BCUT2D eigenvalue weighted by Gasteiger charge is 2.51. The molecule has 0 aliphatic heterocycles. The fourth-order valence-electron chi connectivity index (χ4n) is 2.18. The van der Waals surface area contributed by atoms with Crippen LogP contribution in [0.2, 0.25) is 0 Å². The van der Waals surface area contributed by atoms with Crippen molar-refractivity contribution in [3.63, 3.8) is 0 Å². The molecule has 0 unspecified atom stereocenters. The van der Waals surface area contributed by atoms with E-state index in [0.29, 0.717) is 24.4 Å². The third-order valence-corrected chi connectivity index (χ3v) is 4.40. The number of tetrazole rings is 1. The number of rotatable bonds is 5. The Balaban J connectivity index is 1.98. The van der Waals surface area contributed by atoms with Crippen LogP contribution in [0.15, 0.2) is 22.7 Å². The van der Waals surface area contributed by atoms with Gasteiger partial charge in [0.05, 0.1) is 19.1 Å². The third kappa shape index (κ3) is 2.51. The molecule has 1 aliphatic rings. The van der Waals surface area contributed by atoms with Crippen LogP contribution in [-0.2, 0) is 11.3 Å². The van der Waals surface area contributed by atoms with E-state index in [1.807, 2.05) is 18.2 Å². The van der Waals surface area contributed by atoms with Crippen LogP contribution in [0.3, 0.4) is 0 Å². The highest BCUT2D eigenvalue weighted by molar-refractivity contribution is 9.10. The number of ether oxygens (including phenoxy) is 1. The lowest BCUT2D eigenvalue weighted by atomic mass is 10.1. The number of aromatic nitrogens is 4. The molecule has 21 heavy (non-hydrogen) atoms. The van der Waals surface area contributed by atoms with Crippen molar-refractivity contribution in [1.82, 2.24) is 20.2 Å². The zero-order chi connectivity index (χ0) is 15.0. The van der Waals surface area contributed by atoms with Crippen molar-refractivity contribution < 1.29 is 14.6 Å². The SMILES string of the molecule is COc1ccc(Br)c(-c2nnnn2CC2(C(=O)O)CC2)c1. The van der Waals surface area contributed by atoms with Crippen LogP contribution < -0.4 is 4.74 Å². The van der Waals surface area contributed by atoms with Gasteiger partial charge in [0.25, 0.3) is 0 Å². The zero-order valence-electron chi connectivity index (χ0n) is 11.3. The summed E-state index contributed by atoms with van der Waals surface area (Å²) in [6.07, 6.45) is 1.31. The van der Waals surface area contributed by atoms with Gasteiger partial charge in [0.1, 0.15) is 5.75 Å². The van der Waals surface area contributed by atoms with Crippen LogP contribution >= 0.6 is 15.9 Å². The Morgan fingerprint density at radius 2 is 2.29 bits per heavy atom. The molecule has 1 N–H and O–H groups in total. The molecule has 1 fully saturated rings. The van der Waals surface area contributed by atoms with E-state index in [2.05, 4.69) is 31.5 Å². The van der Waals surface area contributed by atoms with Crippen LogP contribution in [0.4, 0.5) is 0 Å². The summed E-state index contributed by atoms with van der Waals surface area (Å²) in [6.45, 7) is 0.272. The second-order valence-corrected chi connectivity index (χ2v) is 5.95. The summed E-state index contributed by atoms with van der Waals surface area (Å²) < 4.78 is 7.57. The van der Waals surface area contributed by atoms with Gasteiger partial charge < -0.3 is 9.84 Å². The molecule has 3 rings (SSSR count). The highest BCUT2D eigenvalue weighted by Crippen LogP contribution is 2.47. The molecule has 0 spiro atoms. The van der Waals surface area contributed by atoms with Crippen molar-refractivity contribution in [1.29, 1.82) is 0 Å². The van der Waals surface area contributed by atoms with Gasteiger partial charge in [0.15, 0.2) is 5.82 Å². The van der Waals surface area contributed by atoms with E-state index in [4.69, 9.17) is 4.74 Å². The van der Waals surface area contributed by atoms with Gasteiger partial charge in [-0.05, 0) is 41.5 Å². The van der Waals surface area contributed by atoms with Crippen LogP contribution in [0.25, 0.3) is 11.4 Å². The normalized spacial score (nSPS) is 15.7. The summed E-state index contributed by atoms with van der Waals surface area (Å²) in [4.78, 5) is 11.3. The Hall–Kier alpha value is -1.96. The summed E-state index contributed by atoms with van der Waals surface area (Å²) in [6, 6.07) is 5.48. The Morgan fingerprint density at radius 3 is 2.90 bits per heavy atom. The molecule has 0 atom stereocenters. The van der Waals surface area contributed by atoms with Crippen molar-refractivity contribution in [3.8, 4) is 17.1 Å². The molecular formula is C13H13BrN4O3. The Kier molecular flexibility index (Phi) is 3.40. The molecule has 110 valence electrons. The molecule has 8 heteroatoms. The van der Waals surface area contributed by atoms with Crippen molar-refractivity contribution in [2.75, 3.05) is 7.11 Å². The zero-order valence-corrected chi connectivity index (χ0v) is 12.9. The molecule has 0 radical (unpaired) electrons. The highest BCUT2D eigenvalue weighted by atomic mass is 79.9. The minimum atomic E-state index is -0.798. The second kappa shape index (κ2) is 5.10. The van der Waals surface area contributed by atoms with E-state index in [9.17, 15) is 9.90 Å². The second-order valence-electron chi connectivity index (χ2n) is 5.09. The predicted octanol–water partition coefficient (Wildman–Crippen LogP) is 1.98. The molecule has 1 saturated carbocycles. The lowest BCUT2D eigenvalue weighted by Crippen LogP contribution is -2.22. The number of nitrogens with zero attached hydrogens (tertiary/aromatic N) is 4. The minimum absolute atomic E-state index is 0.272. The van der Waals surface area contributed by atoms with Gasteiger partial charge in [-0.3, -0.25) is 4.79 Å². The first kappa shape index (κ1) is 14.0. The van der Waals surface area contributed by atoms with Gasteiger partial charge in [0, 0.05) is 10.0 Å². The Labute approximate surface area is 129 Å². The molecule has 0 saturated heterocycles. The largest absolute Gasteiger partial charge is 0.497 e. The monoisotopic (exact) mass is 352 g/mol. The summed E-state index contributed by atoms with van der Waals surface area (Å²) in [5.41, 5.74) is 0.0377. The quantitative estimate of drug-likeness (QED) is 0.884. The number of methoxy groups -OCH3 is 1. The lowest BCUT2D eigenvalue weighted by molar-refractivity contribution is -0.144. The van der Waals surface area contributed by atoms with Gasteiger partial charge in [-0.2, -0.15) is 0 Å². The number of hydrogen-bond donors (Lipinski definition) is 1. The van der Waals surface area contributed by atoms with Crippen molar-refractivity contribution in [2.24, 2.45) is 5.41 Å². The maximum absolute atomic E-state index is 11.3. The summed E-state index contributed by atoms with van der Waals surface area (Å²) in [5.74, 6) is 0.407. The van der Waals surface area contributed by atoms with Crippen LogP contribution in [0.5, 0.6) is 5.75 Å². The van der Waals surface area contributed by atoms with Crippen LogP contribution in [0, 0.1) is 5.41 Å². The molecular weight excluding hydrogens is 340 g/mol. The maximum atomic E-state index is 11.3. The van der Waals surface area contributed by atoms with Crippen molar-refractivity contribution in [3.05, 3.63) is 22.7 Å². The number of aliphatic carboxylic acids is 1. The van der Waals surface area contributed by atoms with E-state index < -0.39 is 11.4 Å². The number of carboxylic acids is 1. The van der Waals surface area contributed by atoms with Crippen molar-refractivity contribution >= 4 is 21.9 Å². The molecule has 0 bridgehead atoms. The maximum Gasteiger partial charge on any atom is 0.311 e. The standard InChI is InChI=1S/C13H13BrN4O3/c1-21-8-2-3-10(14)9(6-8)11-15-16-17-18(11)7-13(4-5-13)12(19)20/h2-3,6H,4-5,7H2,1H3,(H,19,20). The van der Waals surface area contributed by atoms with Crippen LogP contribution in [-0.4, -0.2) is 38.4 Å². The fourth-order valence-corrected chi connectivity index (χ4v) is 2.61. The van der Waals surface area contributed by atoms with Gasteiger partial charge in [-0.15, -0.1) is 5.10 Å². The summed E-state index contributed by atoms with van der Waals surface area (Å²) in [7, 11) is 1.58. The minimum Gasteiger partial charge on any atom is -0.497 e. The average Bonchev–Trinajstić information content (AvgIpc) is 3.12. The van der Waals surface area contributed by atoms with E-state index in [-0.39, 0.29) is 6.54 Å². The first-order chi connectivity index (χ1) is 10.1. The summed E-state index contributed by atoms with van der Waals surface area (Å²) >= 11 is 3.46. The topological polar surface area (TPSA) is 90.1 Å². The lowest BCUT2D eigenvalue weighted by Gasteiger charge is -2.12. The first-order valence-corrected chi connectivity index (χ1v) is 7.18. The first-order valence-electron chi connectivity index (χ1n) is 6.39. The molecule has 7 nitrogen and oxygen atoms in total. The summed E-state index contributed by atoms with van der Waals surface area (Å²) in [5, 5.41) is 20.9. The van der Waals surface area contributed by atoms with E-state index in [1.165, 1.54) is 0 Å². The van der Waals surface area contributed by atoms with Crippen LogP contribution in [0.1, 0.15) is 12.8 Å². The number of benzene rings is 1. The number of hydrogen-bond acceptors (Lipinski definition) is 5. The molecule has 1 heterocycles. The Bertz CT molecular complexity index is 696. The van der Waals surface area contributed by atoms with Crippen molar-refractivity contribution in [2.45, 2.75) is 19.4 Å². The van der Waals surface area contributed by atoms with Gasteiger partial charge in [0.2, 0.25) is 0 Å². The number of halogens is 1. The van der Waals surface area contributed by atoms with Gasteiger partial charge >= 0.3 is 5.97 Å². The fraction of sp³-hybridized carbons (Fsp3) is 0.385. The van der Waals surface area contributed by atoms with Gasteiger partial charge in [-0.1, -0.05) is 15.9 Å². The average molecular weight is 353 g/mol. The van der Waals surface area contributed by atoms with E-state index >= 15 is 0 Å². The van der Waals surface area contributed by atoms with E-state index in [0.717, 1.165) is 10.0 Å². The third-order valence-electron chi connectivity index (χ3n) is 3.71. The molecule has 1 aromatic carbocycles. The molecule has 0 amide bonds. The Morgan fingerprint density at radius 1 is 1.52 bits per heavy atom.